The number of fused-ring (bicyclic) bond motifs is 2. The van der Waals surface area contributed by atoms with Crippen molar-refractivity contribution in [2.24, 2.45) is 0 Å². The summed E-state index contributed by atoms with van der Waals surface area (Å²) in [6, 6.07) is 4.28. The fraction of sp³-hybridized carbons (Fsp3) is 0.632. The Bertz CT molecular complexity index is 775. The van der Waals surface area contributed by atoms with E-state index < -0.39 is 6.43 Å². The lowest BCUT2D eigenvalue weighted by Gasteiger charge is -2.46. The van der Waals surface area contributed by atoms with Crippen LogP contribution in [0.2, 0.25) is 0 Å². The first kappa shape index (κ1) is 18.1. The highest BCUT2D eigenvalue weighted by atomic mass is 32.1. The Labute approximate surface area is 156 Å². The summed E-state index contributed by atoms with van der Waals surface area (Å²) in [4.78, 5) is 4.36. The van der Waals surface area contributed by atoms with Crippen LogP contribution >= 0.6 is 11.3 Å². The summed E-state index contributed by atoms with van der Waals surface area (Å²) in [5.41, 5.74) is 1.85. The van der Waals surface area contributed by atoms with Crippen LogP contribution in [0.4, 0.5) is 8.78 Å². The summed E-state index contributed by atoms with van der Waals surface area (Å²) >= 11 is 1.53. The molecule has 1 saturated heterocycles. The standard InChI is InChI=1S/C19H24F2N2O2S/c1-12-10-19(4-5-23(12)11-15-7-13(2)25-22-15)18-14(3-6-24-19)8-16(26-18)9-17(20)21/h7-8,12,17H,3-6,9-11H2,1-2H3/t12-,19+/m0/s1. The Kier molecular flexibility index (Phi) is 4.88. The van der Waals surface area contributed by atoms with E-state index in [4.69, 9.17) is 9.26 Å². The van der Waals surface area contributed by atoms with E-state index in [-0.39, 0.29) is 12.0 Å². The molecule has 4 heterocycles. The third-order valence-corrected chi connectivity index (χ3v) is 6.86. The van der Waals surface area contributed by atoms with Crippen molar-refractivity contribution in [1.29, 1.82) is 0 Å². The van der Waals surface area contributed by atoms with E-state index >= 15 is 0 Å². The van der Waals surface area contributed by atoms with E-state index in [1.54, 1.807) is 0 Å². The van der Waals surface area contributed by atoms with Gasteiger partial charge in [-0.3, -0.25) is 4.90 Å². The van der Waals surface area contributed by atoms with Gasteiger partial charge >= 0.3 is 0 Å². The number of thiophene rings is 1. The average Bonchev–Trinajstić information content (AvgIpc) is 3.16. The van der Waals surface area contributed by atoms with Crippen LogP contribution in [0.25, 0.3) is 0 Å². The van der Waals surface area contributed by atoms with Crippen LogP contribution in [0, 0.1) is 6.92 Å². The number of hydrogen-bond donors (Lipinski definition) is 0. The second-order valence-corrected chi connectivity index (χ2v) is 8.59. The van der Waals surface area contributed by atoms with Crippen molar-refractivity contribution in [2.75, 3.05) is 13.2 Å². The summed E-state index contributed by atoms with van der Waals surface area (Å²) in [6.07, 6.45) is 0.147. The molecule has 1 fully saturated rings. The molecule has 7 heteroatoms. The first-order valence-electron chi connectivity index (χ1n) is 9.15. The van der Waals surface area contributed by atoms with Gasteiger partial charge in [-0.15, -0.1) is 11.3 Å². The van der Waals surface area contributed by atoms with Crippen molar-refractivity contribution in [3.63, 3.8) is 0 Å². The minimum absolute atomic E-state index is 0.152. The topological polar surface area (TPSA) is 38.5 Å². The molecule has 0 saturated carbocycles. The van der Waals surface area contributed by atoms with Gasteiger partial charge in [-0.2, -0.15) is 0 Å². The van der Waals surface area contributed by atoms with E-state index in [2.05, 4.69) is 17.0 Å². The van der Waals surface area contributed by atoms with Gasteiger partial charge in [-0.05, 0) is 44.7 Å². The summed E-state index contributed by atoms with van der Waals surface area (Å²) in [7, 11) is 0. The maximum atomic E-state index is 12.8. The highest BCUT2D eigenvalue weighted by Crippen LogP contribution is 2.47. The number of halogens is 2. The lowest BCUT2D eigenvalue weighted by Crippen LogP contribution is -2.49. The van der Waals surface area contributed by atoms with Gasteiger partial charge in [0.15, 0.2) is 0 Å². The number of likely N-dealkylation sites (tertiary alicyclic amines) is 1. The predicted molar refractivity (Wildman–Crippen MR) is 95.7 cm³/mol. The molecule has 2 atom stereocenters. The van der Waals surface area contributed by atoms with Crippen molar-refractivity contribution in [1.82, 2.24) is 10.1 Å². The second kappa shape index (κ2) is 7.02. The number of ether oxygens (including phenoxy) is 1. The lowest BCUT2D eigenvalue weighted by atomic mass is 9.82. The van der Waals surface area contributed by atoms with E-state index in [0.29, 0.717) is 12.6 Å². The van der Waals surface area contributed by atoms with Gasteiger partial charge < -0.3 is 9.26 Å². The molecule has 0 unspecified atom stereocenters. The molecular weight excluding hydrogens is 358 g/mol. The highest BCUT2D eigenvalue weighted by Gasteiger charge is 2.45. The molecule has 0 amide bonds. The Morgan fingerprint density at radius 1 is 1.42 bits per heavy atom. The third kappa shape index (κ3) is 3.44. The van der Waals surface area contributed by atoms with Crippen LogP contribution in [0.5, 0.6) is 0 Å². The Balaban J connectivity index is 1.52. The maximum absolute atomic E-state index is 12.8. The summed E-state index contributed by atoms with van der Waals surface area (Å²) in [5.74, 6) is 0.825. The highest BCUT2D eigenvalue weighted by molar-refractivity contribution is 7.12. The molecule has 2 aliphatic heterocycles. The van der Waals surface area contributed by atoms with E-state index in [1.807, 2.05) is 19.1 Å². The van der Waals surface area contributed by atoms with Crippen molar-refractivity contribution in [2.45, 2.75) is 64.1 Å². The maximum Gasteiger partial charge on any atom is 0.243 e. The monoisotopic (exact) mass is 382 g/mol. The van der Waals surface area contributed by atoms with Crippen LogP contribution in [0.15, 0.2) is 16.7 Å². The van der Waals surface area contributed by atoms with Crippen LogP contribution in [0.3, 0.4) is 0 Å². The number of hydrogen-bond acceptors (Lipinski definition) is 5. The van der Waals surface area contributed by atoms with Gasteiger partial charge in [-0.25, -0.2) is 8.78 Å². The molecule has 2 aromatic rings. The largest absolute Gasteiger partial charge is 0.369 e. The van der Waals surface area contributed by atoms with Crippen molar-refractivity contribution >= 4 is 11.3 Å². The zero-order valence-electron chi connectivity index (χ0n) is 15.1. The normalized spacial score (nSPS) is 26.6. The van der Waals surface area contributed by atoms with Gasteiger partial charge in [0.2, 0.25) is 6.43 Å². The molecule has 0 bridgehead atoms. The molecule has 2 aliphatic rings. The molecule has 4 nitrogen and oxygen atoms in total. The number of rotatable bonds is 4. The lowest BCUT2D eigenvalue weighted by molar-refractivity contribution is -0.110. The molecule has 4 rings (SSSR count). The molecule has 142 valence electrons. The predicted octanol–water partition coefficient (Wildman–Crippen LogP) is 4.30. The van der Waals surface area contributed by atoms with Gasteiger partial charge in [0, 0.05) is 41.4 Å². The van der Waals surface area contributed by atoms with Gasteiger partial charge in [0.05, 0.1) is 12.3 Å². The number of aromatic nitrogens is 1. The number of piperidine rings is 1. The smallest absolute Gasteiger partial charge is 0.243 e. The molecule has 0 aliphatic carbocycles. The molecule has 26 heavy (non-hydrogen) atoms. The first-order valence-corrected chi connectivity index (χ1v) is 9.97. The molecule has 0 radical (unpaired) electrons. The summed E-state index contributed by atoms with van der Waals surface area (Å²) in [5, 5.41) is 4.10. The van der Waals surface area contributed by atoms with Gasteiger partial charge in [0.25, 0.3) is 0 Å². The van der Waals surface area contributed by atoms with Crippen molar-refractivity contribution in [3.8, 4) is 0 Å². The molecule has 1 spiro atoms. The minimum atomic E-state index is -2.29. The quantitative estimate of drug-likeness (QED) is 0.790. The molecular formula is C19H24F2N2O2S. The van der Waals surface area contributed by atoms with Crippen LogP contribution in [0.1, 0.15) is 46.5 Å². The molecule has 0 aromatic carbocycles. The fourth-order valence-corrected chi connectivity index (χ4v) is 5.65. The number of alkyl halides is 2. The second-order valence-electron chi connectivity index (χ2n) is 7.46. The van der Waals surface area contributed by atoms with E-state index in [9.17, 15) is 8.78 Å². The van der Waals surface area contributed by atoms with E-state index in [1.165, 1.54) is 21.8 Å². The minimum Gasteiger partial charge on any atom is -0.369 e. The van der Waals surface area contributed by atoms with Crippen LogP contribution < -0.4 is 0 Å². The number of aryl methyl sites for hydroxylation is 1. The van der Waals surface area contributed by atoms with Crippen molar-refractivity contribution < 1.29 is 18.0 Å². The Hall–Kier alpha value is -1.31. The Morgan fingerprint density at radius 2 is 2.27 bits per heavy atom. The fourth-order valence-electron chi connectivity index (χ4n) is 4.26. The van der Waals surface area contributed by atoms with Gasteiger partial charge in [-0.1, -0.05) is 5.16 Å². The molecule has 2 aromatic heterocycles. The summed E-state index contributed by atoms with van der Waals surface area (Å²) < 4.78 is 37.0. The third-order valence-electron chi connectivity index (χ3n) is 5.47. The average molecular weight is 382 g/mol. The van der Waals surface area contributed by atoms with Crippen LogP contribution in [-0.2, 0) is 29.7 Å². The zero-order valence-corrected chi connectivity index (χ0v) is 16.0. The number of nitrogens with zero attached hydrogens (tertiary/aromatic N) is 2. The zero-order chi connectivity index (χ0) is 18.3. The SMILES string of the molecule is Cc1cc(CN2CC[C@]3(C[C@@H]2C)OCCc2cc(CC(F)F)sc23)no1. The van der Waals surface area contributed by atoms with Crippen LogP contribution in [-0.4, -0.2) is 35.7 Å². The molecule has 0 N–H and O–H groups in total. The van der Waals surface area contributed by atoms with E-state index in [0.717, 1.165) is 48.7 Å². The Morgan fingerprint density at radius 3 is 2.96 bits per heavy atom. The van der Waals surface area contributed by atoms with Gasteiger partial charge in [0.1, 0.15) is 11.4 Å². The van der Waals surface area contributed by atoms with Crippen molar-refractivity contribution in [3.05, 3.63) is 38.9 Å². The first-order chi connectivity index (χ1) is 12.4. The summed E-state index contributed by atoms with van der Waals surface area (Å²) in [6.45, 7) is 6.44.